The number of hydrogen-bond acceptors (Lipinski definition) is 1. The summed E-state index contributed by atoms with van der Waals surface area (Å²) in [6.07, 6.45) is 2.13. The molecular weight excluding hydrogens is 220 g/mol. The largest absolute Gasteiger partial charge is 0.493 e. The van der Waals surface area contributed by atoms with Gasteiger partial charge in [-0.1, -0.05) is 48.0 Å². The molecule has 0 heterocycles. The molecule has 18 heavy (non-hydrogen) atoms. The summed E-state index contributed by atoms with van der Waals surface area (Å²) >= 11 is 0. The van der Waals surface area contributed by atoms with Crippen LogP contribution in [0.15, 0.2) is 48.5 Å². The number of ether oxygens (including phenoxy) is 1. The van der Waals surface area contributed by atoms with E-state index in [-0.39, 0.29) is 0 Å². The van der Waals surface area contributed by atoms with Crippen LogP contribution in [0.4, 0.5) is 0 Å². The molecule has 2 aromatic rings. The minimum absolute atomic E-state index is 0.777. The first-order valence-corrected chi connectivity index (χ1v) is 6.50. The Morgan fingerprint density at radius 2 is 1.72 bits per heavy atom. The predicted molar refractivity (Wildman–Crippen MR) is 76.2 cm³/mol. The van der Waals surface area contributed by atoms with Crippen molar-refractivity contribution in [3.8, 4) is 5.75 Å². The first-order valence-electron chi connectivity index (χ1n) is 6.50. The average Bonchev–Trinajstić information content (AvgIpc) is 2.38. The highest BCUT2D eigenvalue weighted by molar-refractivity contribution is 5.35. The monoisotopic (exact) mass is 240 g/mol. The maximum atomic E-state index is 5.81. The minimum Gasteiger partial charge on any atom is -0.493 e. The molecule has 0 N–H and O–H groups in total. The van der Waals surface area contributed by atoms with E-state index in [1.807, 2.05) is 0 Å². The van der Waals surface area contributed by atoms with Crippen molar-refractivity contribution in [3.05, 3.63) is 65.2 Å². The smallest absolute Gasteiger partial charge is 0.122 e. The van der Waals surface area contributed by atoms with E-state index in [4.69, 9.17) is 4.74 Å². The molecule has 0 aliphatic rings. The minimum atomic E-state index is 0.777. The molecule has 0 saturated carbocycles. The molecule has 0 amide bonds. The summed E-state index contributed by atoms with van der Waals surface area (Å²) in [7, 11) is 0. The van der Waals surface area contributed by atoms with E-state index in [1.54, 1.807) is 0 Å². The lowest BCUT2D eigenvalue weighted by Crippen LogP contribution is -2.00. The number of aryl methyl sites for hydroxylation is 3. The maximum absolute atomic E-state index is 5.81. The number of hydrogen-bond donors (Lipinski definition) is 0. The number of rotatable bonds is 5. The zero-order valence-electron chi connectivity index (χ0n) is 11.1. The Bertz CT molecular complexity index is 488. The van der Waals surface area contributed by atoms with Crippen molar-refractivity contribution in [2.45, 2.75) is 26.7 Å². The lowest BCUT2D eigenvalue weighted by atomic mass is 10.1. The van der Waals surface area contributed by atoms with Crippen molar-refractivity contribution in [1.82, 2.24) is 0 Å². The van der Waals surface area contributed by atoms with Gasteiger partial charge in [0.05, 0.1) is 6.61 Å². The molecule has 0 atom stereocenters. The van der Waals surface area contributed by atoms with Gasteiger partial charge in [0, 0.05) is 0 Å². The Balaban J connectivity index is 1.79. The van der Waals surface area contributed by atoms with E-state index in [0.29, 0.717) is 0 Å². The zero-order valence-corrected chi connectivity index (χ0v) is 11.1. The summed E-state index contributed by atoms with van der Waals surface area (Å²) < 4.78 is 5.81. The lowest BCUT2D eigenvalue weighted by Gasteiger charge is -2.09. The molecule has 1 heteroatoms. The maximum Gasteiger partial charge on any atom is 0.122 e. The molecule has 0 radical (unpaired) electrons. The molecule has 0 aliphatic carbocycles. The van der Waals surface area contributed by atoms with E-state index in [0.717, 1.165) is 25.2 Å². The summed E-state index contributed by atoms with van der Waals surface area (Å²) in [6, 6.07) is 16.9. The van der Waals surface area contributed by atoms with Crippen LogP contribution in [0.5, 0.6) is 5.75 Å². The summed E-state index contributed by atoms with van der Waals surface area (Å²) in [5.74, 6) is 1.01. The average molecular weight is 240 g/mol. The van der Waals surface area contributed by atoms with Gasteiger partial charge in [0.25, 0.3) is 0 Å². The molecule has 0 aliphatic heterocycles. The third-order valence-corrected chi connectivity index (χ3v) is 3.04. The second-order valence-corrected chi connectivity index (χ2v) is 4.71. The summed E-state index contributed by atoms with van der Waals surface area (Å²) in [5.41, 5.74) is 3.88. The lowest BCUT2D eigenvalue weighted by molar-refractivity contribution is 0.309. The molecular formula is C17H20O. The third kappa shape index (κ3) is 3.63. The second-order valence-electron chi connectivity index (χ2n) is 4.71. The standard InChI is InChI=1S/C17H20O/c1-14-10-11-17(15(2)13-14)18-12-6-9-16-7-4-3-5-8-16/h3-5,7-8,10-11,13H,6,9,12H2,1-2H3. The quantitative estimate of drug-likeness (QED) is 0.707. The van der Waals surface area contributed by atoms with Crippen LogP contribution in [-0.4, -0.2) is 6.61 Å². The van der Waals surface area contributed by atoms with Gasteiger partial charge in [-0.2, -0.15) is 0 Å². The van der Waals surface area contributed by atoms with Crippen molar-refractivity contribution in [1.29, 1.82) is 0 Å². The van der Waals surface area contributed by atoms with E-state index >= 15 is 0 Å². The fourth-order valence-corrected chi connectivity index (χ4v) is 2.06. The van der Waals surface area contributed by atoms with Crippen LogP contribution in [0, 0.1) is 13.8 Å². The highest BCUT2D eigenvalue weighted by atomic mass is 16.5. The van der Waals surface area contributed by atoms with Crippen LogP contribution in [0.3, 0.4) is 0 Å². The fraction of sp³-hybridized carbons (Fsp3) is 0.294. The van der Waals surface area contributed by atoms with Crippen molar-refractivity contribution in [2.24, 2.45) is 0 Å². The molecule has 0 aromatic heterocycles. The van der Waals surface area contributed by atoms with Crippen LogP contribution >= 0.6 is 0 Å². The van der Waals surface area contributed by atoms with Crippen LogP contribution in [0.1, 0.15) is 23.1 Å². The fourth-order valence-electron chi connectivity index (χ4n) is 2.06. The van der Waals surface area contributed by atoms with E-state index in [2.05, 4.69) is 62.4 Å². The molecule has 0 unspecified atom stereocenters. The first-order chi connectivity index (χ1) is 8.75. The topological polar surface area (TPSA) is 9.23 Å². The van der Waals surface area contributed by atoms with Gasteiger partial charge in [0.15, 0.2) is 0 Å². The Morgan fingerprint density at radius 1 is 0.944 bits per heavy atom. The van der Waals surface area contributed by atoms with Crippen LogP contribution in [-0.2, 0) is 6.42 Å². The molecule has 0 saturated heterocycles. The van der Waals surface area contributed by atoms with Crippen molar-refractivity contribution in [3.63, 3.8) is 0 Å². The van der Waals surface area contributed by atoms with E-state index < -0.39 is 0 Å². The van der Waals surface area contributed by atoms with E-state index in [9.17, 15) is 0 Å². The SMILES string of the molecule is Cc1ccc(OCCCc2ccccc2)c(C)c1. The van der Waals surface area contributed by atoms with Crippen molar-refractivity contribution >= 4 is 0 Å². The molecule has 94 valence electrons. The van der Waals surface area contributed by atoms with Gasteiger partial charge < -0.3 is 4.74 Å². The molecule has 0 spiro atoms. The van der Waals surface area contributed by atoms with Crippen molar-refractivity contribution in [2.75, 3.05) is 6.61 Å². The zero-order chi connectivity index (χ0) is 12.8. The normalized spacial score (nSPS) is 10.3. The Kier molecular flexibility index (Phi) is 4.40. The number of benzene rings is 2. The highest BCUT2D eigenvalue weighted by Gasteiger charge is 1.99. The van der Waals surface area contributed by atoms with Crippen LogP contribution in [0.25, 0.3) is 0 Å². The molecule has 0 bridgehead atoms. The molecule has 2 rings (SSSR count). The van der Waals surface area contributed by atoms with E-state index in [1.165, 1.54) is 16.7 Å². The van der Waals surface area contributed by atoms with Gasteiger partial charge in [-0.25, -0.2) is 0 Å². The molecule has 0 fully saturated rings. The first kappa shape index (κ1) is 12.7. The Labute approximate surface area is 109 Å². The van der Waals surface area contributed by atoms with Gasteiger partial charge in [-0.3, -0.25) is 0 Å². The summed E-state index contributed by atoms with van der Waals surface area (Å²) in [5, 5.41) is 0. The van der Waals surface area contributed by atoms with Crippen LogP contribution < -0.4 is 4.74 Å². The summed E-state index contributed by atoms with van der Waals surface area (Å²) in [4.78, 5) is 0. The predicted octanol–water partition coefficient (Wildman–Crippen LogP) is 4.32. The van der Waals surface area contributed by atoms with Gasteiger partial charge >= 0.3 is 0 Å². The van der Waals surface area contributed by atoms with Crippen LogP contribution in [0.2, 0.25) is 0 Å². The Morgan fingerprint density at radius 3 is 2.44 bits per heavy atom. The summed E-state index contributed by atoms with van der Waals surface area (Å²) in [6.45, 7) is 4.98. The molecule has 2 aromatic carbocycles. The third-order valence-electron chi connectivity index (χ3n) is 3.04. The Hall–Kier alpha value is -1.76. The van der Waals surface area contributed by atoms with Crippen molar-refractivity contribution < 1.29 is 4.74 Å². The second kappa shape index (κ2) is 6.25. The van der Waals surface area contributed by atoms with Gasteiger partial charge in [0.1, 0.15) is 5.75 Å². The van der Waals surface area contributed by atoms with Gasteiger partial charge in [-0.05, 0) is 43.9 Å². The van der Waals surface area contributed by atoms with Gasteiger partial charge in [-0.15, -0.1) is 0 Å². The van der Waals surface area contributed by atoms with Gasteiger partial charge in [0.2, 0.25) is 0 Å². The highest BCUT2D eigenvalue weighted by Crippen LogP contribution is 2.18. The molecule has 1 nitrogen and oxygen atoms in total.